The summed E-state index contributed by atoms with van der Waals surface area (Å²) in [6.07, 6.45) is 3.16. The lowest BCUT2D eigenvalue weighted by atomic mass is 9.85. The first-order valence-electron chi connectivity index (χ1n) is 7.04. The third-order valence-corrected chi connectivity index (χ3v) is 4.30. The van der Waals surface area contributed by atoms with Crippen LogP contribution in [0.15, 0.2) is 24.3 Å². The lowest BCUT2D eigenvalue weighted by Crippen LogP contribution is -2.42. The molecule has 1 aromatic carbocycles. The van der Waals surface area contributed by atoms with Gasteiger partial charge in [-0.25, -0.2) is 4.39 Å². The molecule has 2 heterocycles. The molecule has 0 radical (unpaired) electrons. The van der Waals surface area contributed by atoms with Gasteiger partial charge in [0.1, 0.15) is 6.17 Å². The number of para-hydroxylation sites is 1. The Morgan fingerprint density at radius 1 is 1.11 bits per heavy atom. The summed E-state index contributed by atoms with van der Waals surface area (Å²) < 4.78 is 14.6. The molecule has 2 N–H and O–H groups in total. The van der Waals surface area contributed by atoms with Crippen LogP contribution in [-0.4, -0.2) is 25.3 Å². The fourth-order valence-electron chi connectivity index (χ4n) is 3.19. The topological polar surface area (TPSA) is 24.1 Å². The van der Waals surface area contributed by atoms with Crippen LogP contribution >= 0.6 is 0 Å². The molecule has 2 aliphatic heterocycles. The van der Waals surface area contributed by atoms with E-state index in [0.717, 1.165) is 44.5 Å². The Hall–Kier alpha value is -1.09. The minimum absolute atomic E-state index is 0.00278. The van der Waals surface area contributed by atoms with Crippen molar-refractivity contribution in [2.75, 3.05) is 18.4 Å². The highest BCUT2D eigenvalue weighted by Crippen LogP contribution is 2.31. The number of hydrogen-bond donors (Lipinski definition) is 2. The van der Waals surface area contributed by atoms with E-state index in [2.05, 4.69) is 28.8 Å². The molecule has 1 fully saturated rings. The molecule has 18 heavy (non-hydrogen) atoms. The summed E-state index contributed by atoms with van der Waals surface area (Å²) in [4.78, 5) is 0. The van der Waals surface area contributed by atoms with E-state index in [1.807, 2.05) is 6.07 Å². The Morgan fingerprint density at radius 2 is 1.89 bits per heavy atom. The molecule has 2 aliphatic rings. The maximum atomic E-state index is 14.6. The van der Waals surface area contributed by atoms with Gasteiger partial charge in [-0.2, -0.15) is 0 Å². The van der Waals surface area contributed by atoms with Crippen molar-refractivity contribution in [3.8, 4) is 0 Å². The highest BCUT2D eigenvalue weighted by atomic mass is 19.1. The molecule has 1 saturated heterocycles. The molecule has 3 heteroatoms. The van der Waals surface area contributed by atoms with E-state index in [0.29, 0.717) is 0 Å². The first-order valence-corrected chi connectivity index (χ1v) is 7.04. The van der Waals surface area contributed by atoms with E-state index in [1.165, 1.54) is 5.56 Å². The average molecular weight is 248 g/mol. The van der Waals surface area contributed by atoms with Gasteiger partial charge in [-0.15, -0.1) is 0 Å². The molecule has 0 aliphatic carbocycles. The summed E-state index contributed by atoms with van der Waals surface area (Å²) in [6.45, 7) is 1.93. The number of fused-ring (bicyclic) bond motifs is 1. The number of hydrogen-bond acceptors (Lipinski definition) is 2. The molecule has 2 nitrogen and oxygen atoms in total. The van der Waals surface area contributed by atoms with E-state index in [4.69, 9.17) is 0 Å². The summed E-state index contributed by atoms with van der Waals surface area (Å²) >= 11 is 0. The van der Waals surface area contributed by atoms with Crippen LogP contribution < -0.4 is 10.6 Å². The number of piperidine rings is 1. The summed E-state index contributed by atoms with van der Waals surface area (Å²) in [5, 5.41) is 6.70. The predicted octanol–water partition coefficient (Wildman–Crippen LogP) is 2.75. The minimum Gasteiger partial charge on any atom is -0.379 e. The number of benzene rings is 1. The van der Waals surface area contributed by atoms with Gasteiger partial charge in [0.25, 0.3) is 0 Å². The summed E-state index contributed by atoms with van der Waals surface area (Å²) in [7, 11) is 0. The summed E-state index contributed by atoms with van der Waals surface area (Å²) in [5.41, 5.74) is 2.46. The molecule has 1 aromatic rings. The highest BCUT2D eigenvalue weighted by Gasteiger charge is 2.32. The third-order valence-electron chi connectivity index (χ3n) is 4.30. The molecule has 0 aromatic heterocycles. The zero-order valence-electron chi connectivity index (χ0n) is 10.7. The lowest BCUT2D eigenvalue weighted by Gasteiger charge is -2.35. The van der Waals surface area contributed by atoms with Crippen molar-refractivity contribution >= 4 is 5.69 Å². The molecule has 0 saturated carbocycles. The minimum atomic E-state index is -0.708. The van der Waals surface area contributed by atoms with Crippen LogP contribution in [0.3, 0.4) is 0 Å². The highest BCUT2D eigenvalue weighted by molar-refractivity contribution is 5.53. The van der Waals surface area contributed by atoms with Gasteiger partial charge in [-0.1, -0.05) is 18.2 Å². The van der Waals surface area contributed by atoms with Gasteiger partial charge in [0.2, 0.25) is 0 Å². The molecular formula is C15H21FN2. The normalized spacial score (nSPS) is 26.2. The van der Waals surface area contributed by atoms with E-state index in [1.54, 1.807) is 0 Å². The van der Waals surface area contributed by atoms with E-state index < -0.39 is 6.17 Å². The van der Waals surface area contributed by atoms with Gasteiger partial charge in [-0.3, -0.25) is 0 Å². The first-order chi connectivity index (χ1) is 8.84. The maximum absolute atomic E-state index is 14.6. The molecule has 0 bridgehead atoms. The monoisotopic (exact) mass is 248 g/mol. The van der Waals surface area contributed by atoms with Gasteiger partial charge in [0.15, 0.2) is 0 Å². The number of alkyl halides is 1. The van der Waals surface area contributed by atoms with Crippen LogP contribution in [0.4, 0.5) is 10.1 Å². The van der Waals surface area contributed by atoms with Crippen LogP contribution in [0.1, 0.15) is 24.8 Å². The van der Waals surface area contributed by atoms with Crippen LogP contribution in [0.25, 0.3) is 0 Å². The Bertz CT molecular complexity index is 401. The molecule has 3 rings (SSSR count). The van der Waals surface area contributed by atoms with Crippen molar-refractivity contribution in [1.29, 1.82) is 0 Å². The Labute approximate surface area is 108 Å². The summed E-state index contributed by atoms with van der Waals surface area (Å²) in [5.74, 6) is 0.231. The number of rotatable bonds is 2. The van der Waals surface area contributed by atoms with Crippen LogP contribution in [-0.2, 0) is 6.42 Å². The van der Waals surface area contributed by atoms with Crippen molar-refractivity contribution in [2.45, 2.75) is 37.9 Å². The number of aryl methyl sites for hydroxylation is 1. The Kier molecular flexibility index (Phi) is 3.50. The Morgan fingerprint density at radius 3 is 2.72 bits per heavy atom. The molecule has 98 valence electrons. The van der Waals surface area contributed by atoms with Crippen LogP contribution in [0.2, 0.25) is 0 Å². The van der Waals surface area contributed by atoms with Crippen molar-refractivity contribution in [2.24, 2.45) is 5.92 Å². The molecule has 0 spiro atoms. The second-order valence-corrected chi connectivity index (χ2v) is 5.48. The molecule has 0 amide bonds. The number of nitrogens with one attached hydrogen (secondary N) is 2. The van der Waals surface area contributed by atoms with E-state index in [-0.39, 0.29) is 12.0 Å². The van der Waals surface area contributed by atoms with Crippen molar-refractivity contribution < 1.29 is 4.39 Å². The van der Waals surface area contributed by atoms with Crippen molar-refractivity contribution in [3.63, 3.8) is 0 Å². The zero-order chi connectivity index (χ0) is 12.4. The second-order valence-electron chi connectivity index (χ2n) is 5.48. The van der Waals surface area contributed by atoms with E-state index in [9.17, 15) is 4.39 Å². The van der Waals surface area contributed by atoms with E-state index >= 15 is 0 Å². The first kappa shape index (κ1) is 12.0. The lowest BCUT2D eigenvalue weighted by molar-refractivity contribution is 0.160. The standard InChI is InChI=1S/C15H21FN2/c16-15(12-7-9-17-10-8-12)14-6-5-11-3-1-2-4-13(11)18-14/h1-4,12,14-15,17-18H,5-10H2. The number of halogens is 1. The van der Waals surface area contributed by atoms with Gasteiger partial charge < -0.3 is 10.6 Å². The smallest absolute Gasteiger partial charge is 0.123 e. The number of anilines is 1. The fourth-order valence-corrected chi connectivity index (χ4v) is 3.19. The fraction of sp³-hybridized carbons (Fsp3) is 0.600. The largest absolute Gasteiger partial charge is 0.379 e. The van der Waals surface area contributed by atoms with Crippen LogP contribution in [0, 0.1) is 5.92 Å². The van der Waals surface area contributed by atoms with Crippen LogP contribution in [0.5, 0.6) is 0 Å². The Balaban J connectivity index is 1.67. The zero-order valence-corrected chi connectivity index (χ0v) is 10.7. The quantitative estimate of drug-likeness (QED) is 0.841. The van der Waals surface area contributed by atoms with Crippen molar-refractivity contribution in [1.82, 2.24) is 5.32 Å². The van der Waals surface area contributed by atoms with Gasteiger partial charge in [0, 0.05) is 5.69 Å². The van der Waals surface area contributed by atoms with Gasteiger partial charge in [0.05, 0.1) is 6.04 Å². The third kappa shape index (κ3) is 2.37. The molecule has 2 atom stereocenters. The molecular weight excluding hydrogens is 227 g/mol. The SMILES string of the molecule is FC(C1CCNCC1)C1CCc2ccccc2N1. The summed E-state index contributed by atoms with van der Waals surface area (Å²) in [6, 6.07) is 8.28. The average Bonchev–Trinajstić information content (AvgIpc) is 2.47. The predicted molar refractivity (Wildman–Crippen MR) is 72.7 cm³/mol. The van der Waals surface area contributed by atoms with Gasteiger partial charge in [-0.05, 0) is 56.3 Å². The van der Waals surface area contributed by atoms with Gasteiger partial charge >= 0.3 is 0 Å². The maximum Gasteiger partial charge on any atom is 0.123 e. The second kappa shape index (κ2) is 5.27. The molecule has 2 unspecified atom stereocenters. The van der Waals surface area contributed by atoms with Crippen molar-refractivity contribution in [3.05, 3.63) is 29.8 Å².